The van der Waals surface area contributed by atoms with Crippen molar-refractivity contribution < 1.29 is 4.79 Å². The van der Waals surface area contributed by atoms with E-state index in [1.165, 1.54) is 0 Å². The lowest BCUT2D eigenvalue weighted by atomic mass is 10.4. The number of nitrogens with two attached hydrogens (primary N) is 1. The third-order valence-electron chi connectivity index (χ3n) is 2.83. The number of hydrogen-bond acceptors (Lipinski definition) is 4. The predicted molar refractivity (Wildman–Crippen MR) is 72.3 cm³/mol. The summed E-state index contributed by atoms with van der Waals surface area (Å²) in [5, 5.41) is 6.98. The number of carbonyl (C=O) groups excluding carboxylic acids is 1. The molecule has 0 saturated heterocycles. The van der Waals surface area contributed by atoms with Gasteiger partial charge in [-0.15, -0.1) is 0 Å². The Morgan fingerprint density at radius 1 is 1.50 bits per heavy atom. The van der Waals surface area contributed by atoms with Crippen molar-refractivity contribution in [3.63, 3.8) is 0 Å². The molecule has 0 spiro atoms. The third kappa shape index (κ3) is 4.85. The summed E-state index contributed by atoms with van der Waals surface area (Å²) in [4.78, 5) is 13.7. The Labute approximate surface area is 108 Å². The van der Waals surface area contributed by atoms with Gasteiger partial charge in [-0.3, -0.25) is 9.48 Å². The predicted octanol–water partition coefficient (Wildman–Crippen LogP) is 0.512. The first kappa shape index (κ1) is 14.7. The number of aromatic nitrogens is 2. The lowest BCUT2D eigenvalue weighted by Gasteiger charge is -2.17. The highest BCUT2D eigenvalue weighted by molar-refractivity contribution is 5.90. The van der Waals surface area contributed by atoms with Crippen LogP contribution in [0.2, 0.25) is 0 Å². The van der Waals surface area contributed by atoms with Crippen LogP contribution in [0.5, 0.6) is 0 Å². The summed E-state index contributed by atoms with van der Waals surface area (Å²) in [5.74, 6) is -0.0687. The Hall–Kier alpha value is -1.40. The van der Waals surface area contributed by atoms with E-state index in [-0.39, 0.29) is 5.91 Å². The molecule has 1 heterocycles. The van der Waals surface area contributed by atoms with Gasteiger partial charge >= 0.3 is 0 Å². The van der Waals surface area contributed by atoms with Crippen molar-refractivity contribution in [2.45, 2.75) is 26.8 Å². The van der Waals surface area contributed by atoms with Gasteiger partial charge < -0.3 is 16.0 Å². The van der Waals surface area contributed by atoms with Crippen molar-refractivity contribution in [3.8, 4) is 0 Å². The average molecular weight is 253 g/mol. The van der Waals surface area contributed by atoms with Crippen LogP contribution in [0.3, 0.4) is 0 Å². The number of carbonyl (C=O) groups is 1. The van der Waals surface area contributed by atoms with Crippen LogP contribution in [0.15, 0.2) is 12.4 Å². The zero-order valence-corrected chi connectivity index (χ0v) is 11.2. The van der Waals surface area contributed by atoms with Crippen LogP contribution in [-0.4, -0.2) is 46.8 Å². The number of anilines is 1. The molecule has 1 amide bonds. The Morgan fingerprint density at radius 2 is 2.22 bits per heavy atom. The Bertz CT molecular complexity index is 359. The van der Waals surface area contributed by atoms with Crippen molar-refractivity contribution in [1.29, 1.82) is 0 Å². The van der Waals surface area contributed by atoms with Crippen molar-refractivity contribution in [1.82, 2.24) is 14.7 Å². The normalized spacial score (nSPS) is 10.9. The van der Waals surface area contributed by atoms with E-state index in [9.17, 15) is 4.79 Å². The fraction of sp³-hybridized carbons (Fsp3) is 0.667. The molecule has 6 heteroatoms. The van der Waals surface area contributed by atoms with Crippen LogP contribution in [0.25, 0.3) is 0 Å². The summed E-state index contributed by atoms with van der Waals surface area (Å²) >= 11 is 0. The fourth-order valence-electron chi connectivity index (χ4n) is 1.69. The van der Waals surface area contributed by atoms with Crippen molar-refractivity contribution in [3.05, 3.63) is 12.4 Å². The molecular weight excluding hydrogens is 230 g/mol. The molecule has 0 atom stereocenters. The quantitative estimate of drug-likeness (QED) is 0.708. The molecule has 1 aromatic rings. The zero-order chi connectivity index (χ0) is 13.4. The number of amides is 1. The number of rotatable bonds is 8. The third-order valence-corrected chi connectivity index (χ3v) is 2.83. The molecule has 0 radical (unpaired) electrons. The fourth-order valence-corrected chi connectivity index (χ4v) is 1.69. The van der Waals surface area contributed by atoms with Gasteiger partial charge in [-0.25, -0.2) is 0 Å². The van der Waals surface area contributed by atoms with Gasteiger partial charge in [-0.2, -0.15) is 5.10 Å². The first-order valence-corrected chi connectivity index (χ1v) is 6.44. The van der Waals surface area contributed by atoms with E-state index in [2.05, 4.69) is 29.2 Å². The molecule has 0 aliphatic carbocycles. The maximum Gasteiger partial charge on any atom is 0.225 e. The molecule has 6 nitrogen and oxygen atoms in total. The lowest BCUT2D eigenvalue weighted by molar-refractivity contribution is -0.116. The number of nitrogens with one attached hydrogen (secondary N) is 1. The second kappa shape index (κ2) is 7.84. The van der Waals surface area contributed by atoms with Gasteiger partial charge in [0.1, 0.15) is 0 Å². The molecular formula is C12H23N5O. The number of nitrogens with zero attached hydrogens (tertiary/aromatic N) is 3. The molecule has 1 rings (SSSR count). The van der Waals surface area contributed by atoms with Gasteiger partial charge in [0.2, 0.25) is 5.91 Å². The highest BCUT2D eigenvalue weighted by atomic mass is 16.1. The van der Waals surface area contributed by atoms with E-state index in [4.69, 9.17) is 5.73 Å². The summed E-state index contributed by atoms with van der Waals surface area (Å²) in [5.41, 5.74) is 6.04. The molecule has 3 N–H and O–H groups in total. The van der Waals surface area contributed by atoms with Gasteiger partial charge in [0, 0.05) is 25.7 Å². The van der Waals surface area contributed by atoms with E-state index >= 15 is 0 Å². The summed E-state index contributed by atoms with van der Waals surface area (Å²) < 4.78 is 1.84. The second-order valence-corrected chi connectivity index (χ2v) is 4.11. The molecule has 102 valence electrons. The monoisotopic (exact) mass is 253 g/mol. The minimum Gasteiger partial charge on any atom is -0.330 e. The van der Waals surface area contributed by atoms with Gasteiger partial charge in [0.05, 0.1) is 18.4 Å². The van der Waals surface area contributed by atoms with E-state index in [0.717, 1.165) is 31.9 Å². The molecule has 0 aromatic carbocycles. The van der Waals surface area contributed by atoms with Crippen LogP contribution >= 0.6 is 0 Å². The van der Waals surface area contributed by atoms with Gasteiger partial charge in [-0.1, -0.05) is 13.8 Å². The first-order chi connectivity index (χ1) is 8.69. The molecule has 0 aliphatic rings. The van der Waals surface area contributed by atoms with E-state index in [1.807, 2.05) is 10.9 Å². The summed E-state index contributed by atoms with van der Waals surface area (Å²) in [7, 11) is 0. The SMILES string of the molecule is CCN(CC)CCn1cc(NC(=O)CCN)cn1. The maximum atomic E-state index is 11.3. The molecule has 0 aliphatic heterocycles. The molecule has 0 fully saturated rings. The highest BCUT2D eigenvalue weighted by Crippen LogP contribution is 2.05. The lowest BCUT2D eigenvalue weighted by Crippen LogP contribution is -2.27. The van der Waals surface area contributed by atoms with Gasteiger partial charge in [-0.05, 0) is 13.1 Å². The van der Waals surface area contributed by atoms with Crippen LogP contribution < -0.4 is 11.1 Å². The molecule has 0 saturated carbocycles. The topological polar surface area (TPSA) is 76.2 Å². The van der Waals surface area contributed by atoms with Crippen molar-refractivity contribution >= 4 is 11.6 Å². The van der Waals surface area contributed by atoms with Crippen LogP contribution in [0, 0.1) is 0 Å². The maximum absolute atomic E-state index is 11.3. The molecule has 0 unspecified atom stereocenters. The number of hydrogen-bond donors (Lipinski definition) is 2. The van der Waals surface area contributed by atoms with Crippen LogP contribution in [0.1, 0.15) is 20.3 Å². The standard InChI is InChI=1S/C12H23N5O/c1-3-16(4-2)7-8-17-10-11(9-14-17)15-12(18)5-6-13/h9-10H,3-8,13H2,1-2H3,(H,15,18). The zero-order valence-electron chi connectivity index (χ0n) is 11.2. The van der Waals surface area contributed by atoms with Crippen molar-refractivity contribution in [2.24, 2.45) is 5.73 Å². The average Bonchev–Trinajstić information content (AvgIpc) is 2.78. The van der Waals surface area contributed by atoms with E-state index in [0.29, 0.717) is 13.0 Å². The summed E-state index contributed by atoms with van der Waals surface area (Å²) in [6, 6.07) is 0. The van der Waals surface area contributed by atoms with Crippen molar-refractivity contribution in [2.75, 3.05) is 31.5 Å². The van der Waals surface area contributed by atoms with E-state index in [1.54, 1.807) is 6.20 Å². The Morgan fingerprint density at radius 3 is 2.83 bits per heavy atom. The largest absolute Gasteiger partial charge is 0.330 e. The highest BCUT2D eigenvalue weighted by Gasteiger charge is 2.04. The molecule has 0 bridgehead atoms. The van der Waals surface area contributed by atoms with Crippen LogP contribution in [0.4, 0.5) is 5.69 Å². The number of likely N-dealkylation sites (N-methyl/N-ethyl adjacent to an activating group) is 1. The Kier molecular flexibility index (Phi) is 6.38. The smallest absolute Gasteiger partial charge is 0.225 e. The minimum atomic E-state index is -0.0687. The summed E-state index contributed by atoms with van der Waals surface area (Å²) in [6.45, 7) is 8.52. The second-order valence-electron chi connectivity index (χ2n) is 4.11. The Balaban J connectivity index is 2.40. The first-order valence-electron chi connectivity index (χ1n) is 6.44. The van der Waals surface area contributed by atoms with E-state index < -0.39 is 0 Å². The van der Waals surface area contributed by atoms with Gasteiger partial charge in [0.25, 0.3) is 0 Å². The minimum absolute atomic E-state index is 0.0687. The van der Waals surface area contributed by atoms with Gasteiger partial charge in [0.15, 0.2) is 0 Å². The van der Waals surface area contributed by atoms with Crippen LogP contribution in [-0.2, 0) is 11.3 Å². The summed E-state index contributed by atoms with van der Waals surface area (Å²) in [6.07, 6.45) is 3.85. The molecule has 1 aromatic heterocycles. The molecule has 18 heavy (non-hydrogen) atoms.